The van der Waals surface area contributed by atoms with Crippen molar-refractivity contribution in [2.45, 2.75) is 84.8 Å². The molecular formula is C36H46F2N2O7. The van der Waals surface area contributed by atoms with Crippen LogP contribution in [0.25, 0.3) is 6.08 Å². The van der Waals surface area contributed by atoms with E-state index in [9.17, 15) is 32.8 Å². The minimum atomic E-state index is -0.575. The number of carbonyl (C=O) groups is 5. The summed E-state index contributed by atoms with van der Waals surface area (Å²) in [6.07, 6.45) is 4.46. The summed E-state index contributed by atoms with van der Waals surface area (Å²) < 4.78 is 35.7. The highest BCUT2D eigenvalue weighted by Crippen LogP contribution is 2.19. The Kier molecular flexibility index (Phi) is 14.9. The van der Waals surface area contributed by atoms with Gasteiger partial charge in [0.1, 0.15) is 34.9 Å². The summed E-state index contributed by atoms with van der Waals surface area (Å²) in [5, 5.41) is 0. The molecule has 2 fully saturated rings. The molecule has 0 bridgehead atoms. The summed E-state index contributed by atoms with van der Waals surface area (Å²) in [5.74, 6) is -0.392. The van der Waals surface area contributed by atoms with Gasteiger partial charge in [-0.3, -0.25) is 14.4 Å². The molecule has 47 heavy (non-hydrogen) atoms. The van der Waals surface area contributed by atoms with E-state index in [1.165, 1.54) is 36.4 Å². The first-order valence-corrected chi connectivity index (χ1v) is 15.6. The molecule has 11 heteroatoms. The van der Waals surface area contributed by atoms with Crippen LogP contribution in [0.1, 0.15) is 89.6 Å². The predicted octanol–water partition coefficient (Wildman–Crippen LogP) is 7.42. The normalized spacial score (nSPS) is 16.5. The van der Waals surface area contributed by atoms with Crippen LogP contribution < -0.4 is 0 Å². The number of amides is 2. The van der Waals surface area contributed by atoms with Crippen molar-refractivity contribution in [1.82, 2.24) is 9.80 Å². The van der Waals surface area contributed by atoms with Gasteiger partial charge < -0.3 is 19.3 Å². The lowest BCUT2D eigenvalue weighted by atomic mass is 10.0. The minimum Gasteiger partial charge on any atom is -0.444 e. The SMILES string of the molecule is CC(C)(C)OC(=O)N1CCCC(=O)/C(=C/c2ccc(F)cc2)C1.CC(C)(C)OC(=O)N1CCCC(=O)CC1.O=Cc1ccc(F)cc1. The predicted molar refractivity (Wildman–Crippen MR) is 175 cm³/mol. The Morgan fingerprint density at radius 1 is 0.681 bits per heavy atom. The number of hydrogen-bond acceptors (Lipinski definition) is 7. The number of hydrogen-bond donors (Lipinski definition) is 0. The second-order valence-corrected chi connectivity index (χ2v) is 13.2. The third-order valence-corrected chi connectivity index (χ3v) is 6.62. The topological polar surface area (TPSA) is 110 Å². The van der Waals surface area contributed by atoms with Crippen molar-refractivity contribution in [2.24, 2.45) is 0 Å². The van der Waals surface area contributed by atoms with Crippen LogP contribution in [0.3, 0.4) is 0 Å². The third kappa shape index (κ3) is 15.6. The Morgan fingerprint density at radius 3 is 1.66 bits per heavy atom. The van der Waals surface area contributed by atoms with E-state index in [1.807, 2.05) is 41.5 Å². The van der Waals surface area contributed by atoms with Gasteiger partial charge >= 0.3 is 12.2 Å². The first-order valence-electron chi connectivity index (χ1n) is 15.6. The summed E-state index contributed by atoms with van der Waals surface area (Å²) >= 11 is 0. The molecule has 2 saturated heterocycles. The molecule has 2 aromatic carbocycles. The first kappa shape index (κ1) is 38.8. The number of rotatable bonds is 2. The smallest absolute Gasteiger partial charge is 0.410 e. The summed E-state index contributed by atoms with van der Waals surface area (Å²) in [5.41, 5.74) is 0.735. The van der Waals surface area contributed by atoms with E-state index >= 15 is 0 Å². The van der Waals surface area contributed by atoms with Crippen LogP contribution in [0, 0.1) is 11.6 Å². The van der Waals surface area contributed by atoms with Gasteiger partial charge in [-0.1, -0.05) is 12.1 Å². The van der Waals surface area contributed by atoms with E-state index < -0.39 is 17.3 Å². The largest absolute Gasteiger partial charge is 0.444 e. The lowest BCUT2D eigenvalue weighted by Crippen LogP contribution is -2.38. The summed E-state index contributed by atoms with van der Waals surface area (Å²) in [6.45, 7) is 12.8. The van der Waals surface area contributed by atoms with Gasteiger partial charge in [-0.05, 0) is 102 Å². The molecule has 0 aliphatic carbocycles. The van der Waals surface area contributed by atoms with Crippen molar-refractivity contribution < 1.29 is 42.2 Å². The summed E-state index contributed by atoms with van der Waals surface area (Å²) in [7, 11) is 0. The highest BCUT2D eigenvalue weighted by atomic mass is 19.1. The number of Topliss-reactive ketones (excluding diaryl/α,β-unsaturated/α-hetero) is 2. The zero-order valence-electron chi connectivity index (χ0n) is 28.1. The Labute approximate surface area is 275 Å². The van der Waals surface area contributed by atoms with E-state index in [0.717, 1.165) is 12.0 Å². The summed E-state index contributed by atoms with van der Waals surface area (Å²) in [6, 6.07) is 11.3. The van der Waals surface area contributed by atoms with Crippen LogP contribution in [-0.4, -0.2) is 77.2 Å². The Morgan fingerprint density at radius 2 is 1.15 bits per heavy atom. The van der Waals surface area contributed by atoms with Crippen LogP contribution in [0.5, 0.6) is 0 Å². The molecule has 256 valence electrons. The fourth-order valence-corrected chi connectivity index (χ4v) is 4.35. The number of carbonyl (C=O) groups excluding carboxylic acids is 5. The monoisotopic (exact) mass is 656 g/mol. The first-order chi connectivity index (χ1) is 22.0. The van der Waals surface area contributed by atoms with Gasteiger partial charge in [0.15, 0.2) is 5.78 Å². The maximum atomic E-state index is 13.0. The van der Waals surface area contributed by atoms with Crippen LogP contribution in [0.15, 0.2) is 54.1 Å². The molecule has 2 aliphatic heterocycles. The number of aldehydes is 1. The van der Waals surface area contributed by atoms with Crippen LogP contribution in [-0.2, 0) is 19.1 Å². The number of halogens is 2. The molecule has 0 radical (unpaired) electrons. The molecule has 0 atom stereocenters. The molecular weight excluding hydrogens is 610 g/mol. The fraction of sp³-hybridized carbons (Fsp3) is 0.472. The second-order valence-electron chi connectivity index (χ2n) is 13.2. The lowest BCUT2D eigenvalue weighted by molar-refractivity contribution is -0.118. The van der Waals surface area contributed by atoms with E-state index in [-0.39, 0.29) is 35.8 Å². The summed E-state index contributed by atoms with van der Waals surface area (Å²) in [4.78, 5) is 60.4. The average molecular weight is 657 g/mol. The standard InChI is InChI=1S/C18H22FNO3.C11H19NO3.C7H5FO/c1-18(2,3)23-17(22)20-10-4-5-16(21)14(12-20)11-13-6-8-15(19)9-7-13;1-11(2,3)15-10(14)12-7-4-5-9(13)6-8-12;8-7-3-1-6(5-9)2-4-7/h6-9,11H,4-5,10,12H2,1-3H3;4-8H2,1-3H3;1-5H/b14-11+;;. The second kappa shape index (κ2) is 18.1. The van der Waals surface area contributed by atoms with Crippen molar-refractivity contribution >= 4 is 36.1 Å². The quantitative estimate of drug-likeness (QED) is 0.244. The molecule has 0 spiro atoms. The van der Waals surface area contributed by atoms with E-state index in [1.54, 1.807) is 28.0 Å². The van der Waals surface area contributed by atoms with E-state index in [0.29, 0.717) is 62.7 Å². The number of benzene rings is 2. The average Bonchev–Trinajstić information content (AvgIpc) is 3.31. The fourth-order valence-electron chi connectivity index (χ4n) is 4.35. The molecule has 0 unspecified atom stereocenters. The molecule has 4 rings (SSSR count). The van der Waals surface area contributed by atoms with Gasteiger partial charge in [0.05, 0.1) is 6.54 Å². The lowest BCUT2D eigenvalue weighted by Gasteiger charge is -2.26. The van der Waals surface area contributed by atoms with Gasteiger partial charge in [-0.15, -0.1) is 0 Å². The highest BCUT2D eigenvalue weighted by molar-refractivity contribution is 6.00. The van der Waals surface area contributed by atoms with Gasteiger partial charge in [0.25, 0.3) is 0 Å². The van der Waals surface area contributed by atoms with Crippen molar-refractivity contribution in [3.63, 3.8) is 0 Å². The molecule has 2 heterocycles. The van der Waals surface area contributed by atoms with Gasteiger partial charge in [0, 0.05) is 50.0 Å². The van der Waals surface area contributed by atoms with Crippen molar-refractivity contribution in [1.29, 1.82) is 0 Å². The number of likely N-dealkylation sites (tertiary alicyclic amines) is 2. The number of ketones is 2. The Bertz CT molecular complexity index is 1390. The third-order valence-electron chi connectivity index (χ3n) is 6.62. The van der Waals surface area contributed by atoms with Crippen LogP contribution >= 0.6 is 0 Å². The van der Waals surface area contributed by atoms with Gasteiger partial charge in [-0.2, -0.15) is 0 Å². The Hall–Kier alpha value is -4.41. The van der Waals surface area contributed by atoms with E-state index in [2.05, 4.69) is 0 Å². The number of ether oxygens (including phenoxy) is 2. The minimum absolute atomic E-state index is 0.0142. The van der Waals surface area contributed by atoms with Gasteiger partial charge in [-0.25, -0.2) is 18.4 Å². The zero-order valence-corrected chi connectivity index (χ0v) is 28.1. The molecule has 2 aliphatic rings. The molecule has 0 aromatic heterocycles. The molecule has 9 nitrogen and oxygen atoms in total. The van der Waals surface area contributed by atoms with Crippen molar-refractivity contribution in [3.8, 4) is 0 Å². The molecule has 2 aromatic rings. The molecule has 0 N–H and O–H groups in total. The van der Waals surface area contributed by atoms with Gasteiger partial charge in [0.2, 0.25) is 0 Å². The van der Waals surface area contributed by atoms with E-state index in [4.69, 9.17) is 9.47 Å². The maximum Gasteiger partial charge on any atom is 0.410 e. The molecule has 0 saturated carbocycles. The number of nitrogens with zero attached hydrogens (tertiary/aromatic N) is 2. The van der Waals surface area contributed by atoms with Crippen molar-refractivity contribution in [3.05, 3.63) is 76.9 Å². The molecule has 2 amide bonds. The van der Waals surface area contributed by atoms with Crippen molar-refractivity contribution in [2.75, 3.05) is 26.2 Å². The van der Waals surface area contributed by atoms with Crippen LogP contribution in [0.2, 0.25) is 0 Å². The Balaban J connectivity index is 0.000000273. The maximum absolute atomic E-state index is 13.0. The van der Waals surface area contributed by atoms with Crippen LogP contribution in [0.4, 0.5) is 18.4 Å². The zero-order chi connectivity index (χ0) is 35.2. The highest BCUT2D eigenvalue weighted by Gasteiger charge is 2.27.